The number of benzene rings is 1. The minimum absolute atomic E-state index is 0.125. The van der Waals surface area contributed by atoms with Crippen LogP contribution in [0.5, 0.6) is 0 Å². The number of rotatable bonds is 3. The Bertz CT molecular complexity index is 1290. The number of nitrogens with one attached hydrogen (secondary N) is 2. The molecule has 29 heavy (non-hydrogen) atoms. The molecule has 1 aromatic carbocycles. The Kier molecular flexibility index (Phi) is 4.15. The van der Waals surface area contributed by atoms with Crippen LogP contribution in [0.25, 0.3) is 10.2 Å². The van der Waals surface area contributed by atoms with Crippen LogP contribution < -0.4 is 15.5 Å². The average molecular weight is 447 g/mol. The molecule has 5 rings (SSSR count). The lowest BCUT2D eigenvalue weighted by Gasteiger charge is -2.27. The Balaban J connectivity index is 1.64. The van der Waals surface area contributed by atoms with Crippen LogP contribution in [0.3, 0.4) is 0 Å². The second-order valence-electron chi connectivity index (χ2n) is 5.84. The first-order valence-corrected chi connectivity index (χ1v) is 10.1. The molecule has 3 amide bonds. The molecule has 2 N–H and O–H groups in total. The largest absolute Gasteiger partial charge is 0.332 e. The molecule has 0 saturated carbocycles. The normalized spacial score (nSPS) is 12.9. The minimum atomic E-state index is -0.599. The number of urea groups is 1. The third kappa shape index (κ3) is 2.90. The van der Waals surface area contributed by atoms with Crippen molar-refractivity contribution >= 4 is 78.8 Å². The lowest BCUT2D eigenvalue weighted by Crippen LogP contribution is -2.35. The molecule has 8 nitrogen and oxygen atoms in total. The first-order valence-electron chi connectivity index (χ1n) is 8.07. The number of thiazole rings is 1. The predicted octanol–water partition coefficient (Wildman–Crippen LogP) is 4.88. The molecule has 0 atom stereocenters. The lowest BCUT2D eigenvalue weighted by molar-refractivity contribution is 0.103. The van der Waals surface area contributed by atoms with E-state index < -0.39 is 17.8 Å². The van der Waals surface area contributed by atoms with Gasteiger partial charge in [0, 0.05) is 11.6 Å². The molecular formula is C17H8ClFN6O2S2. The Morgan fingerprint density at radius 3 is 2.90 bits per heavy atom. The smallest absolute Gasteiger partial charge is 0.305 e. The van der Waals surface area contributed by atoms with E-state index in [0.29, 0.717) is 26.7 Å². The molecule has 4 aromatic rings. The summed E-state index contributed by atoms with van der Waals surface area (Å²) in [4.78, 5) is 40.1. The fourth-order valence-corrected chi connectivity index (χ4v) is 4.61. The van der Waals surface area contributed by atoms with E-state index in [4.69, 9.17) is 11.6 Å². The van der Waals surface area contributed by atoms with Gasteiger partial charge in [0.2, 0.25) is 0 Å². The summed E-state index contributed by atoms with van der Waals surface area (Å²) in [6.45, 7) is 0. The first kappa shape index (κ1) is 17.9. The highest BCUT2D eigenvalue weighted by atomic mass is 35.5. The molecule has 4 heterocycles. The number of carbonyl (C=O) groups is 2. The molecule has 0 bridgehead atoms. The molecule has 0 spiro atoms. The molecule has 1 aliphatic heterocycles. The third-order valence-corrected chi connectivity index (χ3v) is 6.21. The summed E-state index contributed by atoms with van der Waals surface area (Å²) in [7, 11) is 0. The van der Waals surface area contributed by atoms with Gasteiger partial charge in [0.1, 0.15) is 21.9 Å². The maximum absolute atomic E-state index is 13.6. The van der Waals surface area contributed by atoms with Gasteiger partial charge in [-0.05, 0) is 18.2 Å². The number of halogens is 2. The van der Waals surface area contributed by atoms with Crippen molar-refractivity contribution in [3.05, 3.63) is 51.8 Å². The monoisotopic (exact) mass is 446 g/mol. The fourth-order valence-electron chi connectivity index (χ4n) is 2.93. The van der Waals surface area contributed by atoms with Gasteiger partial charge >= 0.3 is 6.03 Å². The van der Waals surface area contributed by atoms with Crippen LogP contribution >= 0.6 is 34.3 Å². The summed E-state index contributed by atoms with van der Waals surface area (Å²) >= 11 is 8.28. The Labute approximate surface area is 175 Å². The minimum Gasteiger partial charge on any atom is -0.305 e. The summed E-state index contributed by atoms with van der Waals surface area (Å²) in [6.07, 6.45) is 2.88. The van der Waals surface area contributed by atoms with Gasteiger partial charge in [-0.15, -0.1) is 22.7 Å². The number of carbonyl (C=O) groups excluding carboxylic acids is 2. The van der Waals surface area contributed by atoms with Crippen molar-refractivity contribution in [3.63, 3.8) is 0 Å². The summed E-state index contributed by atoms with van der Waals surface area (Å²) < 4.78 is 13.6. The van der Waals surface area contributed by atoms with Crippen LogP contribution in [0.4, 0.5) is 31.5 Å². The number of hydrogen-bond donors (Lipinski definition) is 2. The van der Waals surface area contributed by atoms with Gasteiger partial charge < -0.3 is 5.32 Å². The van der Waals surface area contributed by atoms with Crippen molar-refractivity contribution in [2.24, 2.45) is 0 Å². The number of anilines is 4. The fraction of sp³-hybridized carbons (Fsp3) is 0. The van der Waals surface area contributed by atoms with E-state index >= 15 is 0 Å². The highest BCUT2D eigenvalue weighted by molar-refractivity contribution is 7.21. The average Bonchev–Trinajstić information content (AvgIpc) is 3.33. The van der Waals surface area contributed by atoms with Crippen molar-refractivity contribution in [1.29, 1.82) is 0 Å². The molecule has 0 fully saturated rings. The van der Waals surface area contributed by atoms with Gasteiger partial charge in [-0.3, -0.25) is 10.1 Å². The summed E-state index contributed by atoms with van der Waals surface area (Å²) in [5.74, 6) is -0.735. The van der Waals surface area contributed by atoms with Crippen LogP contribution in [-0.2, 0) is 0 Å². The zero-order valence-corrected chi connectivity index (χ0v) is 16.5. The van der Waals surface area contributed by atoms with Gasteiger partial charge in [0.25, 0.3) is 5.91 Å². The molecule has 0 aliphatic carbocycles. The topological polar surface area (TPSA) is 100 Å². The van der Waals surface area contributed by atoms with Crippen molar-refractivity contribution in [2.45, 2.75) is 0 Å². The number of nitrogens with zero attached hydrogens (tertiary/aromatic N) is 4. The number of aromatic nitrogens is 3. The summed E-state index contributed by atoms with van der Waals surface area (Å²) in [6, 6.07) is 3.36. The van der Waals surface area contributed by atoms with Crippen molar-refractivity contribution in [3.8, 4) is 0 Å². The van der Waals surface area contributed by atoms with E-state index in [2.05, 4.69) is 25.6 Å². The highest BCUT2D eigenvalue weighted by Crippen LogP contribution is 2.45. The molecule has 0 saturated heterocycles. The predicted molar refractivity (Wildman–Crippen MR) is 110 cm³/mol. The summed E-state index contributed by atoms with van der Waals surface area (Å²) in [5.41, 5.74) is 0.656. The molecule has 1 aliphatic rings. The van der Waals surface area contributed by atoms with Crippen LogP contribution in [0, 0.1) is 5.82 Å². The van der Waals surface area contributed by atoms with Crippen LogP contribution in [0.15, 0.2) is 36.1 Å². The Morgan fingerprint density at radius 1 is 1.28 bits per heavy atom. The van der Waals surface area contributed by atoms with Gasteiger partial charge in [-0.2, -0.15) is 0 Å². The van der Waals surface area contributed by atoms with Gasteiger partial charge in [0.05, 0.1) is 21.8 Å². The first-order chi connectivity index (χ1) is 14.0. The molecule has 0 radical (unpaired) electrons. The van der Waals surface area contributed by atoms with E-state index in [-0.39, 0.29) is 15.7 Å². The zero-order chi connectivity index (χ0) is 20.1. The standard InChI is InChI=1S/C17H8ClFN6O2S2/c18-8-5-7(1-2-9(8)19)25-13-10-11(23-17(25)27)12(29-15(10)22-6-21-13)14(26)24-16-20-3-4-28-16/h1-6H,(H,23,27)(H,20,24,26). The quantitative estimate of drug-likeness (QED) is 0.467. The highest BCUT2D eigenvalue weighted by Gasteiger charge is 2.34. The molecular weight excluding hydrogens is 439 g/mol. The molecule has 3 aromatic heterocycles. The SMILES string of the molecule is O=C(Nc1nccs1)c1sc2ncnc3c2c1NC(=O)N3c1ccc(F)c(Cl)c1. The summed E-state index contributed by atoms with van der Waals surface area (Å²) in [5, 5.41) is 7.98. The van der Waals surface area contributed by atoms with Crippen molar-refractivity contribution in [2.75, 3.05) is 15.5 Å². The van der Waals surface area contributed by atoms with Gasteiger partial charge in [-0.25, -0.2) is 29.0 Å². The molecule has 144 valence electrons. The van der Waals surface area contributed by atoms with Gasteiger partial charge in [0.15, 0.2) is 10.9 Å². The van der Waals surface area contributed by atoms with E-state index in [9.17, 15) is 14.0 Å². The van der Waals surface area contributed by atoms with E-state index in [0.717, 1.165) is 11.3 Å². The molecule has 12 heteroatoms. The second-order valence-corrected chi connectivity index (χ2v) is 8.14. The van der Waals surface area contributed by atoms with E-state index in [1.54, 1.807) is 11.6 Å². The van der Waals surface area contributed by atoms with Crippen molar-refractivity contribution in [1.82, 2.24) is 15.0 Å². The van der Waals surface area contributed by atoms with Crippen LogP contribution in [-0.4, -0.2) is 26.9 Å². The van der Waals surface area contributed by atoms with Crippen molar-refractivity contribution < 1.29 is 14.0 Å². The van der Waals surface area contributed by atoms with Crippen LogP contribution in [0.1, 0.15) is 9.67 Å². The Hall–Kier alpha value is -3.15. The molecule has 0 unspecified atom stereocenters. The zero-order valence-electron chi connectivity index (χ0n) is 14.1. The van der Waals surface area contributed by atoms with Crippen LogP contribution in [0.2, 0.25) is 5.02 Å². The number of hydrogen-bond acceptors (Lipinski definition) is 7. The van der Waals surface area contributed by atoms with E-state index in [1.807, 2.05) is 0 Å². The lowest BCUT2D eigenvalue weighted by atomic mass is 10.2. The maximum atomic E-state index is 13.6. The third-order valence-electron chi connectivity index (χ3n) is 4.14. The second kappa shape index (κ2) is 6.72. The van der Waals surface area contributed by atoms with E-state index in [1.165, 1.54) is 40.8 Å². The Morgan fingerprint density at radius 2 is 2.14 bits per heavy atom. The maximum Gasteiger partial charge on any atom is 0.332 e. The number of amides is 3. The number of thiophene rings is 1. The van der Waals surface area contributed by atoms with Gasteiger partial charge in [-0.1, -0.05) is 11.6 Å².